The van der Waals surface area contributed by atoms with E-state index in [1.165, 1.54) is 12.1 Å². The summed E-state index contributed by atoms with van der Waals surface area (Å²) in [5, 5.41) is 0. The lowest BCUT2D eigenvalue weighted by Crippen LogP contribution is -2.58. The molecule has 0 saturated carbocycles. The summed E-state index contributed by atoms with van der Waals surface area (Å²) in [5.74, 6) is -0.342. The monoisotopic (exact) mass is 307 g/mol. The van der Waals surface area contributed by atoms with E-state index in [2.05, 4.69) is 0 Å². The van der Waals surface area contributed by atoms with Crippen LogP contribution in [-0.2, 0) is 16.0 Å². The first kappa shape index (κ1) is 16.4. The van der Waals surface area contributed by atoms with Gasteiger partial charge in [0.2, 0.25) is 11.8 Å². The molecule has 6 heteroatoms. The zero-order valence-corrected chi connectivity index (χ0v) is 13.3. The quantitative estimate of drug-likeness (QED) is 0.821. The van der Waals surface area contributed by atoms with Crippen LogP contribution < -0.4 is 0 Å². The molecule has 0 radical (unpaired) electrons. The zero-order valence-electron chi connectivity index (χ0n) is 13.3. The van der Waals surface area contributed by atoms with Gasteiger partial charge in [0.1, 0.15) is 11.9 Å². The lowest BCUT2D eigenvalue weighted by Gasteiger charge is -2.39. The van der Waals surface area contributed by atoms with Crippen molar-refractivity contribution in [2.75, 3.05) is 40.8 Å². The Morgan fingerprint density at radius 3 is 2.45 bits per heavy atom. The van der Waals surface area contributed by atoms with E-state index < -0.39 is 0 Å². The Hall–Kier alpha value is -1.95. The van der Waals surface area contributed by atoms with Crippen molar-refractivity contribution in [3.8, 4) is 0 Å². The van der Waals surface area contributed by atoms with Crippen LogP contribution in [0.3, 0.4) is 0 Å². The summed E-state index contributed by atoms with van der Waals surface area (Å²) >= 11 is 0. The SMILES string of the molecule is CN(C)C(=O)[C@H]1CN(C(=O)Cc2ccc(F)cc2)CCN1C. The maximum atomic E-state index is 12.9. The first-order valence-electron chi connectivity index (χ1n) is 7.32. The smallest absolute Gasteiger partial charge is 0.241 e. The van der Waals surface area contributed by atoms with E-state index in [1.54, 1.807) is 36.0 Å². The van der Waals surface area contributed by atoms with Gasteiger partial charge in [-0.2, -0.15) is 0 Å². The minimum absolute atomic E-state index is 0.00165. The molecule has 120 valence electrons. The summed E-state index contributed by atoms with van der Waals surface area (Å²) in [6, 6.07) is 5.63. The van der Waals surface area contributed by atoms with Gasteiger partial charge in [-0.1, -0.05) is 12.1 Å². The van der Waals surface area contributed by atoms with Crippen molar-refractivity contribution in [1.82, 2.24) is 14.7 Å². The van der Waals surface area contributed by atoms with Gasteiger partial charge in [0.05, 0.1) is 6.42 Å². The lowest BCUT2D eigenvalue weighted by molar-refractivity contribution is -0.141. The van der Waals surface area contributed by atoms with Crippen molar-refractivity contribution in [1.29, 1.82) is 0 Å². The molecule has 1 aromatic rings. The van der Waals surface area contributed by atoms with E-state index in [1.807, 2.05) is 11.9 Å². The van der Waals surface area contributed by atoms with E-state index >= 15 is 0 Å². The Balaban J connectivity index is 2.01. The Labute approximate surface area is 130 Å². The average Bonchev–Trinajstić information content (AvgIpc) is 2.49. The largest absolute Gasteiger partial charge is 0.347 e. The van der Waals surface area contributed by atoms with Gasteiger partial charge in [-0.25, -0.2) is 4.39 Å². The molecule has 0 bridgehead atoms. The van der Waals surface area contributed by atoms with E-state index in [4.69, 9.17) is 0 Å². The molecule has 0 spiro atoms. The zero-order chi connectivity index (χ0) is 16.3. The summed E-state index contributed by atoms with van der Waals surface area (Å²) in [6.07, 6.45) is 0.229. The second kappa shape index (κ2) is 6.87. The lowest BCUT2D eigenvalue weighted by atomic mass is 10.1. The van der Waals surface area contributed by atoms with Crippen LogP contribution in [0.25, 0.3) is 0 Å². The molecule has 2 amide bonds. The maximum absolute atomic E-state index is 12.9. The van der Waals surface area contributed by atoms with Crippen molar-refractivity contribution >= 4 is 11.8 Å². The number of nitrogens with zero attached hydrogens (tertiary/aromatic N) is 3. The first-order valence-corrected chi connectivity index (χ1v) is 7.32. The highest BCUT2D eigenvalue weighted by molar-refractivity contribution is 5.84. The van der Waals surface area contributed by atoms with Crippen molar-refractivity contribution in [2.45, 2.75) is 12.5 Å². The number of piperazine rings is 1. The molecule has 0 unspecified atom stereocenters. The molecule has 0 aromatic heterocycles. The molecular formula is C16H22FN3O2. The predicted octanol–water partition coefficient (Wildman–Crippen LogP) is 0.599. The molecule has 1 aliphatic heterocycles. The van der Waals surface area contributed by atoms with Crippen LogP contribution in [0.5, 0.6) is 0 Å². The van der Waals surface area contributed by atoms with Gasteiger partial charge in [0.15, 0.2) is 0 Å². The topological polar surface area (TPSA) is 43.9 Å². The maximum Gasteiger partial charge on any atom is 0.241 e. The highest BCUT2D eigenvalue weighted by Gasteiger charge is 2.32. The van der Waals surface area contributed by atoms with Crippen LogP contribution >= 0.6 is 0 Å². The molecule has 0 N–H and O–H groups in total. The number of carbonyl (C=O) groups is 2. The predicted molar refractivity (Wildman–Crippen MR) is 81.8 cm³/mol. The van der Waals surface area contributed by atoms with Crippen LogP contribution in [0, 0.1) is 5.82 Å². The second-order valence-electron chi connectivity index (χ2n) is 5.87. The first-order chi connectivity index (χ1) is 10.4. The molecule has 5 nitrogen and oxygen atoms in total. The fourth-order valence-corrected chi connectivity index (χ4v) is 2.55. The van der Waals surface area contributed by atoms with Crippen LogP contribution in [0.2, 0.25) is 0 Å². The van der Waals surface area contributed by atoms with E-state index in [-0.39, 0.29) is 30.1 Å². The van der Waals surface area contributed by atoms with Crippen LogP contribution in [-0.4, -0.2) is 73.3 Å². The molecule has 1 atom stereocenters. The third-order valence-electron chi connectivity index (χ3n) is 4.00. The highest BCUT2D eigenvalue weighted by Crippen LogP contribution is 2.12. The highest BCUT2D eigenvalue weighted by atomic mass is 19.1. The second-order valence-corrected chi connectivity index (χ2v) is 5.87. The minimum atomic E-state index is -0.313. The number of benzene rings is 1. The van der Waals surface area contributed by atoms with Crippen LogP contribution in [0.4, 0.5) is 4.39 Å². The molecule has 1 fully saturated rings. The van der Waals surface area contributed by atoms with Gasteiger partial charge >= 0.3 is 0 Å². The molecule has 1 heterocycles. The van der Waals surface area contributed by atoms with E-state index in [0.717, 1.165) is 5.56 Å². The summed E-state index contributed by atoms with van der Waals surface area (Å²) in [6.45, 7) is 1.67. The summed E-state index contributed by atoms with van der Waals surface area (Å²) < 4.78 is 12.9. The van der Waals surface area contributed by atoms with E-state index in [0.29, 0.717) is 19.6 Å². The molecule has 0 aliphatic carbocycles. The third kappa shape index (κ3) is 3.82. The van der Waals surface area contributed by atoms with Crippen LogP contribution in [0.1, 0.15) is 5.56 Å². The van der Waals surface area contributed by atoms with Gasteiger partial charge in [0, 0.05) is 33.7 Å². The van der Waals surface area contributed by atoms with Gasteiger partial charge in [-0.15, -0.1) is 0 Å². The van der Waals surface area contributed by atoms with E-state index in [9.17, 15) is 14.0 Å². The molecule has 1 saturated heterocycles. The fraction of sp³-hybridized carbons (Fsp3) is 0.500. The van der Waals surface area contributed by atoms with Gasteiger partial charge in [-0.3, -0.25) is 14.5 Å². The fourth-order valence-electron chi connectivity index (χ4n) is 2.55. The molecule has 1 aromatic carbocycles. The van der Waals surface area contributed by atoms with Crippen molar-refractivity contribution < 1.29 is 14.0 Å². The molecule has 22 heavy (non-hydrogen) atoms. The Bertz CT molecular complexity index is 545. The Kier molecular flexibility index (Phi) is 5.13. The number of amides is 2. The normalized spacial score (nSPS) is 19.1. The van der Waals surface area contributed by atoms with Gasteiger partial charge in [0.25, 0.3) is 0 Å². The summed E-state index contributed by atoms with van der Waals surface area (Å²) in [7, 11) is 5.33. The number of hydrogen-bond acceptors (Lipinski definition) is 3. The molecular weight excluding hydrogens is 285 g/mol. The van der Waals surface area contributed by atoms with Crippen molar-refractivity contribution in [2.24, 2.45) is 0 Å². The standard InChI is InChI=1S/C16H22FN3O2/c1-18(2)16(22)14-11-20(9-8-19(14)3)15(21)10-12-4-6-13(17)7-5-12/h4-7,14H,8-11H2,1-3H3/t14-/m1/s1. The van der Waals surface area contributed by atoms with Gasteiger partial charge < -0.3 is 9.80 Å². The minimum Gasteiger partial charge on any atom is -0.347 e. The third-order valence-corrected chi connectivity index (χ3v) is 4.00. The van der Waals surface area contributed by atoms with Gasteiger partial charge in [-0.05, 0) is 24.7 Å². The number of halogens is 1. The Morgan fingerprint density at radius 1 is 1.23 bits per heavy atom. The number of hydrogen-bond donors (Lipinski definition) is 0. The summed E-state index contributed by atoms with van der Waals surface area (Å²) in [4.78, 5) is 29.8. The van der Waals surface area contributed by atoms with Crippen LogP contribution in [0.15, 0.2) is 24.3 Å². The summed E-state index contributed by atoms with van der Waals surface area (Å²) in [5.41, 5.74) is 0.779. The average molecular weight is 307 g/mol. The molecule has 1 aliphatic rings. The Morgan fingerprint density at radius 2 is 1.86 bits per heavy atom. The number of rotatable bonds is 3. The number of carbonyl (C=O) groups excluding carboxylic acids is 2. The molecule has 2 rings (SSSR count). The number of likely N-dealkylation sites (N-methyl/N-ethyl adjacent to an activating group) is 2. The van der Waals surface area contributed by atoms with Crippen molar-refractivity contribution in [3.63, 3.8) is 0 Å². The van der Waals surface area contributed by atoms with Crippen molar-refractivity contribution in [3.05, 3.63) is 35.6 Å².